The van der Waals surface area contributed by atoms with Crippen LogP contribution in [0.4, 0.5) is 11.6 Å². The van der Waals surface area contributed by atoms with Crippen LogP contribution in [0.15, 0.2) is 23.0 Å². The molecule has 2 aromatic heterocycles. The quantitative estimate of drug-likeness (QED) is 0.690. The molecule has 0 saturated heterocycles. The Bertz CT molecular complexity index is 1040. The molecular formula is C16H13ClN6O4. The van der Waals surface area contributed by atoms with Crippen molar-refractivity contribution in [3.63, 3.8) is 0 Å². The largest absolute Gasteiger partial charge is 0.467 e. The number of halogens is 1. The van der Waals surface area contributed by atoms with Crippen LogP contribution in [0.3, 0.4) is 0 Å². The van der Waals surface area contributed by atoms with Crippen molar-refractivity contribution in [3.05, 3.63) is 40.3 Å². The molecule has 3 aromatic rings. The Morgan fingerprint density at radius 1 is 1.33 bits per heavy atom. The Labute approximate surface area is 157 Å². The summed E-state index contributed by atoms with van der Waals surface area (Å²) in [6.45, 7) is 2.08. The molecule has 0 atom stereocenters. The van der Waals surface area contributed by atoms with Crippen LogP contribution in [0.1, 0.15) is 21.7 Å². The summed E-state index contributed by atoms with van der Waals surface area (Å²) in [6.07, 6.45) is 1.38. The van der Waals surface area contributed by atoms with Gasteiger partial charge in [0.05, 0.1) is 12.8 Å². The number of rotatable bonds is 3. The Balaban J connectivity index is 1.66. The Kier molecular flexibility index (Phi) is 4.34. The van der Waals surface area contributed by atoms with E-state index < -0.39 is 5.91 Å². The van der Waals surface area contributed by atoms with Crippen molar-refractivity contribution in [2.24, 2.45) is 0 Å². The zero-order chi connectivity index (χ0) is 19.0. The number of hydrogen-bond donors (Lipinski definition) is 2. The van der Waals surface area contributed by atoms with E-state index in [2.05, 4.69) is 30.2 Å². The second-order valence-electron chi connectivity index (χ2n) is 5.68. The Morgan fingerprint density at radius 2 is 2.19 bits per heavy atom. The average molecular weight is 389 g/mol. The van der Waals surface area contributed by atoms with Crippen LogP contribution in [-0.4, -0.2) is 33.0 Å². The summed E-state index contributed by atoms with van der Waals surface area (Å²) in [7, 11) is 0. The first-order valence-corrected chi connectivity index (χ1v) is 8.17. The molecule has 3 heterocycles. The molecule has 10 nitrogen and oxygen atoms in total. The van der Waals surface area contributed by atoms with E-state index in [1.54, 1.807) is 19.1 Å². The molecule has 0 fully saturated rings. The van der Waals surface area contributed by atoms with Crippen LogP contribution in [0, 0.1) is 6.92 Å². The van der Waals surface area contributed by atoms with Gasteiger partial charge in [0.25, 0.3) is 5.91 Å². The third-order valence-electron chi connectivity index (χ3n) is 3.88. The van der Waals surface area contributed by atoms with Gasteiger partial charge in [0, 0.05) is 16.1 Å². The number of ether oxygens (including phenoxy) is 2. The lowest BCUT2D eigenvalue weighted by molar-refractivity contribution is -0.0160. The molecular weight excluding hydrogens is 376 g/mol. The number of fused-ring (bicyclic) bond motifs is 1. The van der Waals surface area contributed by atoms with Gasteiger partial charge in [0.15, 0.2) is 24.1 Å². The Morgan fingerprint density at radius 3 is 2.93 bits per heavy atom. The highest BCUT2D eigenvalue weighted by Gasteiger charge is 2.21. The van der Waals surface area contributed by atoms with Gasteiger partial charge in [0.2, 0.25) is 0 Å². The first-order valence-electron chi connectivity index (χ1n) is 7.79. The minimum absolute atomic E-state index is 0.0534. The van der Waals surface area contributed by atoms with Crippen molar-refractivity contribution < 1.29 is 18.9 Å². The van der Waals surface area contributed by atoms with E-state index in [0.717, 1.165) is 5.56 Å². The number of nitrogens with one attached hydrogen (secondary N) is 1. The number of nitrogen functional groups attached to an aromatic ring is 1. The van der Waals surface area contributed by atoms with Crippen molar-refractivity contribution in [3.8, 4) is 17.0 Å². The molecule has 0 radical (unpaired) electrons. The third kappa shape index (κ3) is 3.27. The number of anilines is 2. The van der Waals surface area contributed by atoms with E-state index in [9.17, 15) is 4.79 Å². The molecule has 1 aromatic carbocycles. The average Bonchev–Trinajstić information content (AvgIpc) is 3.07. The lowest BCUT2D eigenvalue weighted by atomic mass is 10.0. The van der Waals surface area contributed by atoms with E-state index in [0.29, 0.717) is 34.3 Å². The standard InChI is InChI=1S/C16H13ClN6O4/c1-7-13(23-27-22-7)16(24)21-12-4-19-14(15(18)20-12)9-2-8(17)3-11-10(9)5-25-6-26-11/h2-4H,5-6H2,1H3,(H3,18,20,21,24). The molecule has 0 unspecified atom stereocenters. The second kappa shape index (κ2) is 6.82. The van der Waals surface area contributed by atoms with E-state index in [4.69, 9.17) is 26.8 Å². The molecule has 4 rings (SSSR count). The molecule has 3 N–H and O–H groups in total. The predicted octanol–water partition coefficient (Wildman–Crippen LogP) is 2.19. The molecule has 0 bridgehead atoms. The van der Waals surface area contributed by atoms with Gasteiger partial charge in [0.1, 0.15) is 17.1 Å². The van der Waals surface area contributed by atoms with E-state index in [1.807, 2.05) is 0 Å². The van der Waals surface area contributed by atoms with Gasteiger partial charge >= 0.3 is 0 Å². The number of hydrogen-bond acceptors (Lipinski definition) is 9. The van der Waals surface area contributed by atoms with Crippen molar-refractivity contribution in [1.29, 1.82) is 0 Å². The normalized spacial score (nSPS) is 13.0. The zero-order valence-electron chi connectivity index (χ0n) is 14.0. The summed E-state index contributed by atoms with van der Waals surface area (Å²) in [4.78, 5) is 20.7. The van der Waals surface area contributed by atoms with Gasteiger partial charge in [-0.1, -0.05) is 16.8 Å². The molecule has 138 valence electrons. The van der Waals surface area contributed by atoms with Crippen molar-refractivity contribution in [2.75, 3.05) is 17.8 Å². The summed E-state index contributed by atoms with van der Waals surface area (Å²) < 4.78 is 15.3. The monoisotopic (exact) mass is 388 g/mol. The van der Waals surface area contributed by atoms with Gasteiger partial charge in [-0.2, -0.15) is 0 Å². The molecule has 11 heteroatoms. The zero-order valence-corrected chi connectivity index (χ0v) is 14.8. The number of aromatic nitrogens is 4. The highest BCUT2D eigenvalue weighted by atomic mass is 35.5. The predicted molar refractivity (Wildman–Crippen MR) is 94.2 cm³/mol. The lowest BCUT2D eigenvalue weighted by Crippen LogP contribution is -2.16. The molecule has 1 aliphatic heterocycles. The van der Waals surface area contributed by atoms with Crippen LogP contribution in [-0.2, 0) is 11.3 Å². The molecule has 27 heavy (non-hydrogen) atoms. The minimum atomic E-state index is -0.530. The molecule has 0 spiro atoms. The van der Waals surface area contributed by atoms with E-state index in [1.165, 1.54) is 6.20 Å². The summed E-state index contributed by atoms with van der Waals surface area (Å²) in [6, 6.07) is 3.41. The summed E-state index contributed by atoms with van der Waals surface area (Å²) in [5.41, 5.74) is 8.30. The first-order chi connectivity index (χ1) is 13.0. The smallest absolute Gasteiger partial charge is 0.281 e. The minimum Gasteiger partial charge on any atom is -0.467 e. The maximum atomic E-state index is 12.2. The van der Waals surface area contributed by atoms with Crippen molar-refractivity contribution >= 4 is 29.1 Å². The highest BCUT2D eigenvalue weighted by Crippen LogP contribution is 2.37. The number of carbonyl (C=O) groups is 1. The van der Waals surface area contributed by atoms with Crippen LogP contribution in [0.25, 0.3) is 11.3 Å². The molecule has 1 aliphatic rings. The molecule has 0 aliphatic carbocycles. The van der Waals surface area contributed by atoms with Gasteiger partial charge in [-0.05, 0) is 24.2 Å². The number of nitrogens with two attached hydrogens (primary N) is 1. The third-order valence-corrected chi connectivity index (χ3v) is 4.10. The van der Waals surface area contributed by atoms with E-state index >= 15 is 0 Å². The summed E-state index contributed by atoms with van der Waals surface area (Å²) in [5.74, 6) is 0.346. The topological polar surface area (TPSA) is 138 Å². The maximum Gasteiger partial charge on any atom is 0.281 e. The lowest BCUT2D eigenvalue weighted by Gasteiger charge is -2.21. The summed E-state index contributed by atoms with van der Waals surface area (Å²) >= 11 is 6.17. The number of benzene rings is 1. The fourth-order valence-corrected chi connectivity index (χ4v) is 2.84. The van der Waals surface area contributed by atoms with Crippen molar-refractivity contribution in [2.45, 2.75) is 13.5 Å². The highest BCUT2D eigenvalue weighted by molar-refractivity contribution is 6.31. The summed E-state index contributed by atoms with van der Waals surface area (Å²) in [5, 5.41) is 10.1. The maximum absolute atomic E-state index is 12.2. The first kappa shape index (κ1) is 17.2. The Hall–Kier alpha value is -3.24. The van der Waals surface area contributed by atoms with E-state index in [-0.39, 0.29) is 24.1 Å². The van der Waals surface area contributed by atoms with Gasteiger partial charge < -0.3 is 20.5 Å². The van der Waals surface area contributed by atoms with Crippen LogP contribution < -0.4 is 15.8 Å². The van der Waals surface area contributed by atoms with Crippen LogP contribution >= 0.6 is 11.6 Å². The van der Waals surface area contributed by atoms with Gasteiger partial charge in [-0.3, -0.25) is 4.79 Å². The van der Waals surface area contributed by atoms with Gasteiger partial charge in [-0.15, -0.1) is 0 Å². The van der Waals surface area contributed by atoms with Crippen molar-refractivity contribution in [1.82, 2.24) is 20.3 Å². The van der Waals surface area contributed by atoms with Crippen LogP contribution in [0.5, 0.6) is 5.75 Å². The second-order valence-corrected chi connectivity index (χ2v) is 6.12. The number of carbonyl (C=O) groups excluding carboxylic acids is 1. The fraction of sp³-hybridized carbons (Fsp3) is 0.188. The number of nitrogens with zero attached hydrogens (tertiary/aromatic N) is 4. The number of aryl methyl sites for hydroxylation is 1. The SMILES string of the molecule is Cc1nonc1C(=O)Nc1cnc(-c2cc(Cl)cc3c2COCO3)c(N)n1. The molecule has 1 amide bonds. The fourth-order valence-electron chi connectivity index (χ4n) is 2.63. The van der Waals surface area contributed by atoms with Crippen LogP contribution in [0.2, 0.25) is 5.02 Å². The molecule has 0 saturated carbocycles. The number of amides is 1. The van der Waals surface area contributed by atoms with Gasteiger partial charge in [-0.25, -0.2) is 14.6 Å².